The topological polar surface area (TPSA) is 114 Å². The standard InChI is InChI=1S/C19H20N4O4/c1-3-22-12-14(11-20)18(26)23(19(22)27)10-6-9-17(25)21-16-8-5-4-7-15(16)13(2)24/h4-5,7-8,12H,3,6,9-10H2,1-2H3,(H,21,25). The van der Waals surface area contributed by atoms with Crippen molar-refractivity contribution in [3.05, 3.63) is 62.4 Å². The Morgan fingerprint density at radius 3 is 2.56 bits per heavy atom. The Hall–Kier alpha value is -3.47. The highest BCUT2D eigenvalue weighted by Gasteiger charge is 2.12. The van der Waals surface area contributed by atoms with E-state index in [-0.39, 0.29) is 36.6 Å². The Bertz CT molecular complexity index is 1030. The molecule has 0 atom stereocenters. The summed E-state index contributed by atoms with van der Waals surface area (Å²) in [6.45, 7) is 3.50. The van der Waals surface area contributed by atoms with E-state index < -0.39 is 11.2 Å². The molecule has 1 amide bonds. The molecule has 0 radical (unpaired) electrons. The Balaban J connectivity index is 2.08. The fourth-order valence-corrected chi connectivity index (χ4v) is 2.66. The van der Waals surface area contributed by atoms with Gasteiger partial charge in [-0.15, -0.1) is 0 Å². The normalized spacial score (nSPS) is 10.3. The summed E-state index contributed by atoms with van der Waals surface area (Å²) >= 11 is 0. The lowest BCUT2D eigenvalue weighted by Crippen LogP contribution is -2.40. The summed E-state index contributed by atoms with van der Waals surface area (Å²) in [7, 11) is 0. The maximum absolute atomic E-state index is 12.3. The number of nitrogens with zero attached hydrogens (tertiary/aromatic N) is 3. The van der Waals surface area contributed by atoms with Crippen LogP contribution in [0.25, 0.3) is 0 Å². The van der Waals surface area contributed by atoms with Crippen LogP contribution in [0.2, 0.25) is 0 Å². The second kappa shape index (κ2) is 8.76. The molecule has 2 rings (SSSR count). The Morgan fingerprint density at radius 1 is 1.22 bits per heavy atom. The molecule has 0 fully saturated rings. The van der Waals surface area contributed by atoms with Crippen LogP contribution in [0, 0.1) is 11.3 Å². The molecular weight excluding hydrogens is 348 g/mol. The summed E-state index contributed by atoms with van der Waals surface area (Å²) in [5, 5.41) is 11.7. The second-order valence-electron chi connectivity index (χ2n) is 5.93. The van der Waals surface area contributed by atoms with Gasteiger partial charge in [0.1, 0.15) is 11.6 Å². The predicted octanol–water partition coefficient (Wildman–Crippen LogP) is 1.52. The summed E-state index contributed by atoms with van der Waals surface area (Å²) in [5.41, 5.74) is -0.448. The molecule has 8 heteroatoms. The zero-order chi connectivity index (χ0) is 20.0. The summed E-state index contributed by atoms with van der Waals surface area (Å²) in [6, 6.07) is 8.46. The molecule has 1 aromatic carbocycles. The van der Waals surface area contributed by atoms with Crippen LogP contribution in [0.3, 0.4) is 0 Å². The van der Waals surface area contributed by atoms with Crippen molar-refractivity contribution in [1.82, 2.24) is 9.13 Å². The lowest BCUT2D eigenvalue weighted by atomic mass is 10.1. The van der Waals surface area contributed by atoms with E-state index in [2.05, 4.69) is 5.32 Å². The number of amides is 1. The van der Waals surface area contributed by atoms with E-state index in [0.29, 0.717) is 17.8 Å². The highest BCUT2D eigenvalue weighted by Crippen LogP contribution is 2.16. The molecule has 8 nitrogen and oxygen atoms in total. The quantitative estimate of drug-likeness (QED) is 0.744. The van der Waals surface area contributed by atoms with Crippen LogP contribution in [0.4, 0.5) is 5.69 Å². The zero-order valence-corrected chi connectivity index (χ0v) is 15.2. The molecule has 0 spiro atoms. The first-order chi connectivity index (χ1) is 12.9. The summed E-state index contributed by atoms with van der Waals surface area (Å²) in [5.74, 6) is -0.491. The number of nitrogens with one attached hydrogen (secondary N) is 1. The average molecular weight is 368 g/mol. The van der Waals surface area contributed by atoms with Gasteiger partial charge < -0.3 is 5.32 Å². The number of hydrogen-bond acceptors (Lipinski definition) is 5. The molecule has 27 heavy (non-hydrogen) atoms. The van der Waals surface area contributed by atoms with Crippen molar-refractivity contribution in [2.45, 2.75) is 39.8 Å². The molecule has 0 unspecified atom stereocenters. The van der Waals surface area contributed by atoms with Crippen molar-refractivity contribution in [3.8, 4) is 6.07 Å². The van der Waals surface area contributed by atoms with Crippen molar-refractivity contribution in [2.24, 2.45) is 0 Å². The van der Waals surface area contributed by atoms with Gasteiger partial charge >= 0.3 is 5.69 Å². The van der Waals surface area contributed by atoms with Gasteiger partial charge in [0.15, 0.2) is 5.78 Å². The molecule has 2 aromatic rings. The molecular formula is C19H20N4O4. The minimum absolute atomic E-state index is 0.0228. The number of Topliss-reactive ketones (excluding diaryl/α,β-unsaturated/α-hetero) is 1. The highest BCUT2D eigenvalue weighted by atomic mass is 16.2. The van der Waals surface area contributed by atoms with Gasteiger partial charge in [0.2, 0.25) is 5.91 Å². The number of benzene rings is 1. The first-order valence-corrected chi connectivity index (χ1v) is 8.53. The van der Waals surface area contributed by atoms with Gasteiger partial charge in [0.25, 0.3) is 5.56 Å². The Labute approximate surface area is 155 Å². The fourth-order valence-electron chi connectivity index (χ4n) is 2.66. The molecule has 0 saturated heterocycles. The largest absolute Gasteiger partial charge is 0.331 e. The van der Waals surface area contributed by atoms with Gasteiger partial charge in [0.05, 0.1) is 5.69 Å². The van der Waals surface area contributed by atoms with E-state index in [1.165, 1.54) is 17.7 Å². The SMILES string of the molecule is CCn1cc(C#N)c(=O)n(CCCC(=O)Nc2ccccc2C(C)=O)c1=O. The van der Waals surface area contributed by atoms with E-state index in [1.807, 2.05) is 0 Å². The fraction of sp³-hybridized carbons (Fsp3) is 0.316. The van der Waals surface area contributed by atoms with Crippen molar-refractivity contribution >= 4 is 17.4 Å². The second-order valence-corrected chi connectivity index (χ2v) is 5.93. The number of hydrogen-bond donors (Lipinski definition) is 1. The lowest BCUT2D eigenvalue weighted by Gasteiger charge is -2.10. The third-order valence-corrected chi connectivity index (χ3v) is 4.06. The van der Waals surface area contributed by atoms with Crippen LogP contribution in [0.5, 0.6) is 0 Å². The van der Waals surface area contributed by atoms with Gasteiger partial charge in [0, 0.05) is 31.3 Å². The molecule has 0 saturated carbocycles. The minimum Gasteiger partial charge on any atom is -0.325 e. The third kappa shape index (κ3) is 4.58. The smallest absolute Gasteiger partial charge is 0.325 e. The van der Waals surface area contributed by atoms with Crippen LogP contribution in [-0.4, -0.2) is 20.8 Å². The maximum atomic E-state index is 12.3. The lowest BCUT2D eigenvalue weighted by molar-refractivity contribution is -0.116. The van der Waals surface area contributed by atoms with Crippen LogP contribution in [-0.2, 0) is 17.9 Å². The van der Waals surface area contributed by atoms with Crippen LogP contribution < -0.4 is 16.6 Å². The van der Waals surface area contributed by atoms with Gasteiger partial charge in [-0.3, -0.25) is 23.5 Å². The number of ketones is 1. The number of para-hydroxylation sites is 1. The number of aromatic nitrogens is 2. The van der Waals surface area contributed by atoms with Gasteiger partial charge in [-0.2, -0.15) is 5.26 Å². The highest BCUT2D eigenvalue weighted by molar-refractivity contribution is 6.03. The molecule has 140 valence electrons. The predicted molar refractivity (Wildman–Crippen MR) is 99.7 cm³/mol. The molecule has 0 bridgehead atoms. The first kappa shape index (κ1) is 19.8. The van der Waals surface area contributed by atoms with Crippen LogP contribution in [0.15, 0.2) is 40.1 Å². The minimum atomic E-state index is -0.658. The van der Waals surface area contributed by atoms with E-state index >= 15 is 0 Å². The molecule has 0 aliphatic rings. The molecule has 1 aromatic heterocycles. The van der Waals surface area contributed by atoms with Crippen LogP contribution in [0.1, 0.15) is 42.6 Å². The summed E-state index contributed by atoms with van der Waals surface area (Å²) in [4.78, 5) is 48.2. The van der Waals surface area contributed by atoms with E-state index in [0.717, 1.165) is 4.57 Å². The van der Waals surface area contributed by atoms with Gasteiger partial charge in [-0.05, 0) is 32.4 Å². The number of carbonyl (C=O) groups excluding carboxylic acids is 2. The van der Waals surface area contributed by atoms with E-state index in [4.69, 9.17) is 5.26 Å². The van der Waals surface area contributed by atoms with E-state index in [1.54, 1.807) is 37.3 Å². The Morgan fingerprint density at radius 2 is 1.93 bits per heavy atom. The first-order valence-electron chi connectivity index (χ1n) is 8.53. The molecule has 0 aliphatic heterocycles. The molecule has 1 heterocycles. The van der Waals surface area contributed by atoms with Crippen molar-refractivity contribution in [2.75, 3.05) is 5.32 Å². The monoisotopic (exact) mass is 368 g/mol. The summed E-state index contributed by atoms with van der Waals surface area (Å²) < 4.78 is 2.25. The number of nitriles is 1. The van der Waals surface area contributed by atoms with Crippen molar-refractivity contribution in [1.29, 1.82) is 5.26 Å². The van der Waals surface area contributed by atoms with Crippen molar-refractivity contribution < 1.29 is 9.59 Å². The average Bonchev–Trinajstić information content (AvgIpc) is 2.65. The third-order valence-electron chi connectivity index (χ3n) is 4.06. The van der Waals surface area contributed by atoms with Gasteiger partial charge in [-0.25, -0.2) is 4.79 Å². The number of anilines is 1. The molecule has 1 N–H and O–H groups in total. The number of aryl methyl sites for hydroxylation is 1. The van der Waals surface area contributed by atoms with Crippen LogP contribution >= 0.6 is 0 Å². The zero-order valence-electron chi connectivity index (χ0n) is 15.2. The molecule has 0 aliphatic carbocycles. The Kier molecular flexibility index (Phi) is 6.44. The number of rotatable bonds is 7. The maximum Gasteiger partial charge on any atom is 0.331 e. The van der Waals surface area contributed by atoms with E-state index in [9.17, 15) is 19.2 Å². The number of carbonyl (C=O) groups is 2. The van der Waals surface area contributed by atoms with Gasteiger partial charge in [-0.1, -0.05) is 12.1 Å². The summed E-state index contributed by atoms with van der Waals surface area (Å²) in [6.07, 6.45) is 1.54. The van der Waals surface area contributed by atoms with Crippen molar-refractivity contribution in [3.63, 3.8) is 0 Å².